The summed E-state index contributed by atoms with van der Waals surface area (Å²) in [7, 11) is -5.18. The van der Waals surface area contributed by atoms with Crippen molar-refractivity contribution in [3.05, 3.63) is 42.5 Å². The van der Waals surface area contributed by atoms with Crippen LogP contribution in [0.25, 0.3) is 0 Å². The van der Waals surface area contributed by atoms with E-state index in [2.05, 4.69) is 52.8 Å². The predicted molar refractivity (Wildman–Crippen MR) is 124 cm³/mol. The predicted octanol–water partition coefficient (Wildman–Crippen LogP) is 5.30. The molecule has 0 saturated heterocycles. The SMILES string of the molecule is C=C(C)C(=O)N(CCC(C)[SiH](O[Si](C)(C)C)O[Si](C)(C)C)c1ccccc1. The van der Waals surface area contributed by atoms with Gasteiger partial charge in [-0.1, -0.05) is 31.7 Å². The lowest BCUT2D eigenvalue weighted by Gasteiger charge is -2.34. The summed E-state index contributed by atoms with van der Waals surface area (Å²) in [4.78, 5) is 14.5. The number of anilines is 1. The van der Waals surface area contributed by atoms with Crippen molar-refractivity contribution in [3.63, 3.8) is 0 Å². The summed E-state index contributed by atoms with van der Waals surface area (Å²) in [6.45, 7) is 21.8. The first kappa shape index (κ1) is 24.0. The highest BCUT2D eigenvalue weighted by atomic mass is 28.4. The Morgan fingerprint density at radius 3 is 1.96 bits per heavy atom. The second kappa shape index (κ2) is 9.97. The number of benzene rings is 1. The first-order valence-corrected chi connectivity index (χ1v) is 18.1. The summed E-state index contributed by atoms with van der Waals surface area (Å²) in [6, 6.07) is 9.81. The quantitative estimate of drug-likeness (QED) is 0.378. The monoisotopic (exact) mass is 423 g/mol. The third kappa shape index (κ3) is 9.16. The van der Waals surface area contributed by atoms with E-state index in [1.807, 2.05) is 35.2 Å². The largest absolute Gasteiger partial charge is 0.439 e. The van der Waals surface area contributed by atoms with Gasteiger partial charge in [-0.05, 0) is 70.3 Å². The summed E-state index contributed by atoms with van der Waals surface area (Å²) < 4.78 is 13.0. The van der Waals surface area contributed by atoms with Gasteiger partial charge in [0.15, 0.2) is 16.6 Å². The fourth-order valence-corrected chi connectivity index (χ4v) is 11.1. The molecule has 0 fully saturated rings. The highest BCUT2D eigenvalue weighted by molar-refractivity contribution is 6.81. The third-order valence-electron chi connectivity index (χ3n) is 3.89. The number of para-hydroxylation sites is 1. The minimum atomic E-state index is -1.82. The van der Waals surface area contributed by atoms with Crippen LogP contribution in [0.2, 0.25) is 44.8 Å². The first-order valence-electron chi connectivity index (χ1n) is 9.68. The van der Waals surface area contributed by atoms with E-state index in [9.17, 15) is 4.79 Å². The molecule has 152 valence electrons. The molecule has 0 radical (unpaired) electrons. The van der Waals surface area contributed by atoms with E-state index < -0.39 is 25.9 Å². The van der Waals surface area contributed by atoms with Crippen molar-refractivity contribution in [2.75, 3.05) is 11.4 Å². The van der Waals surface area contributed by atoms with Crippen LogP contribution in [-0.2, 0) is 13.0 Å². The zero-order chi connectivity index (χ0) is 20.8. The third-order valence-corrected chi connectivity index (χ3v) is 12.7. The van der Waals surface area contributed by atoms with Gasteiger partial charge in [0.05, 0.1) is 0 Å². The number of carbonyl (C=O) groups excluding carboxylic acids is 1. The second-order valence-electron chi connectivity index (χ2n) is 9.17. The number of hydrogen-bond acceptors (Lipinski definition) is 3. The van der Waals surface area contributed by atoms with Crippen LogP contribution in [0.4, 0.5) is 5.69 Å². The van der Waals surface area contributed by atoms with Crippen molar-refractivity contribution in [3.8, 4) is 0 Å². The first-order chi connectivity index (χ1) is 12.3. The fourth-order valence-electron chi connectivity index (χ4n) is 2.61. The van der Waals surface area contributed by atoms with E-state index in [4.69, 9.17) is 8.23 Å². The van der Waals surface area contributed by atoms with E-state index in [1.165, 1.54) is 0 Å². The van der Waals surface area contributed by atoms with Crippen LogP contribution in [0.1, 0.15) is 20.3 Å². The molecule has 4 nitrogen and oxygen atoms in total. The molecule has 1 unspecified atom stereocenters. The maximum atomic E-state index is 12.7. The van der Waals surface area contributed by atoms with Crippen LogP contribution in [0.5, 0.6) is 0 Å². The molecule has 0 heterocycles. The Morgan fingerprint density at radius 1 is 1.07 bits per heavy atom. The minimum Gasteiger partial charge on any atom is -0.439 e. The second-order valence-corrected chi connectivity index (χ2v) is 21.4. The molecule has 1 aromatic carbocycles. The lowest BCUT2D eigenvalue weighted by molar-refractivity contribution is -0.115. The Labute approximate surface area is 169 Å². The number of amides is 1. The molecule has 27 heavy (non-hydrogen) atoms. The van der Waals surface area contributed by atoms with Crippen molar-refractivity contribution in [1.29, 1.82) is 0 Å². The Morgan fingerprint density at radius 2 is 1.56 bits per heavy atom. The van der Waals surface area contributed by atoms with Crippen molar-refractivity contribution >= 4 is 37.5 Å². The molecule has 0 aromatic heterocycles. The number of carbonyl (C=O) groups is 1. The van der Waals surface area contributed by atoms with Crippen LogP contribution in [0, 0.1) is 0 Å². The highest BCUT2D eigenvalue weighted by Gasteiger charge is 2.33. The van der Waals surface area contributed by atoms with Gasteiger partial charge in [0.25, 0.3) is 5.91 Å². The normalized spacial score (nSPS) is 13.5. The van der Waals surface area contributed by atoms with Gasteiger partial charge in [-0.25, -0.2) is 0 Å². The van der Waals surface area contributed by atoms with Crippen LogP contribution >= 0.6 is 0 Å². The van der Waals surface area contributed by atoms with Crippen LogP contribution in [0.15, 0.2) is 42.5 Å². The Kier molecular flexibility index (Phi) is 8.88. The molecule has 0 N–H and O–H groups in total. The summed E-state index contributed by atoms with van der Waals surface area (Å²) >= 11 is 0. The standard InChI is InChI=1S/C20H37NO3Si3/c1-17(2)20(22)21(19-13-11-10-12-14-19)16-15-18(3)25(23-26(4,5)6)24-27(7,8)9/h10-14,18,25H,1,15-16H2,2-9H3. The average Bonchev–Trinajstić information content (AvgIpc) is 2.52. The van der Waals surface area contributed by atoms with E-state index in [0.717, 1.165) is 12.1 Å². The smallest absolute Gasteiger partial charge is 0.303 e. The topological polar surface area (TPSA) is 38.8 Å². The molecule has 0 spiro atoms. The van der Waals surface area contributed by atoms with E-state index >= 15 is 0 Å². The van der Waals surface area contributed by atoms with Gasteiger partial charge in [0.2, 0.25) is 0 Å². The maximum absolute atomic E-state index is 12.7. The van der Waals surface area contributed by atoms with Gasteiger partial charge in [0.1, 0.15) is 0 Å². The molecule has 1 aromatic rings. The lowest BCUT2D eigenvalue weighted by atomic mass is 10.2. The molecule has 0 aliphatic rings. The fraction of sp³-hybridized carbons (Fsp3) is 0.550. The van der Waals surface area contributed by atoms with Gasteiger partial charge in [0, 0.05) is 17.8 Å². The molecule has 7 heteroatoms. The van der Waals surface area contributed by atoms with E-state index in [1.54, 1.807) is 6.92 Å². The van der Waals surface area contributed by atoms with Crippen molar-refractivity contribution in [2.24, 2.45) is 0 Å². The summed E-state index contributed by atoms with van der Waals surface area (Å²) in [5.41, 5.74) is 1.79. The molecular weight excluding hydrogens is 386 g/mol. The molecule has 0 aliphatic heterocycles. The van der Waals surface area contributed by atoms with E-state index in [-0.39, 0.29) is 5.91 Å². The number of nitrogens with zero attached hydrogens (tertiary/aromatic N) is 1. The number of rotatable bonds is 10. The molecule has 1 rings (SSSR count). The van der Waals surface area contributed by atoms with Crippen molar-refractivity contribution in [1.82, 2.24) is 0 Å². The minimum absolute atomic E-state index is 0.0242. The summed E-state index contributed by atoms with van der Waals surface area (Å²) in [5.74, 6) is -0.0242. The summed E-state index contributed by atoms with van der Waals surface area (Å²) in [5, 5.41) is 0. The zero-order valence-electron chi connectivity index (χ0n) is 18.3. The zero-order valence-corrected chi connectivity index (χ0v) is 21.5. The molecule has 1 amide bonds. The maximum Gasteiger partial charge on any atom is 0.303 e. The van der Waals surface area contributed by atoms with Crippen LogP contribution in [0.3, 0.4) is 0 Å². The molecule has 0 bridgehead atoms. The van der Waals surface area contributed by atoms with Gasteiger partial charge < -0.3 is 13.1 Å². The van der Waals surface area contributed by atoms with Gasteiger partial charge >= 0.3 is 9.28 Å². The molecule has 0 saturated carbocycles. The average molecular weight is 424 g/mol. The highest BCUT2D eigenvalue weighted by Crippen LogP contribution is 2.25. The van der Waals surface area contributed by atoms with Crippen molar-refractivity contribution < 1.29 is 13.0 Å². The Bertz CT molecular complexity index is 608. The lowest BCUT2D eigenvalue weighted by Crippen LogP contribution is -2.46. The molecular formula is C20H37NO3Si3. The van der Waals surface area contributed by atoms with Gasteiger partial charge in [-0.2, -0.15) is 0 Å². The summed E-state index contributed by atoms with van der Waals surface area (Å²) in [6.07, 6.45) is 0.861. The Balaban J connectivity index is 2.92. The van der Waals surface area contributed by atoms with Crippen molar-refractivity contribution in [2.45, 2.75) is 65.1 Å². The molecule has 1 atom stereocenters. The van der Waals surface area contributed by atoms with E-state index in [0.29, 0.717) is 17.7 Å². The molecule has 0 aliphatic carbocycles. The Hall–Kier alpha value is -0.999. The number of hydrogen-bond donors (Lipinski definition) is 0. The van der Waals surface area contributed by atoms with Crippen LogP contribution in [-0.4, -0.2) is 38.4 Å². The van der Waals surface area contributed by atoms with Gasteiger partial charge in [-0.3, -0.25) is 4.79 Å². The van der Waals surface area contributed by atoms with Gasteiger partial charge in [-0.15, -0.1) is 0 Å². The van der Waals surface area contributed by atoms with Crippen LogP contribution < -0.4 is 4.90 Å².